The summed E-state index contributed by atoms with van der Waals surface area (Å²) in [6.45, 7) is 8.79. The van der Waals surface area contributed by atoms with Gasteiger partial charge in [-0.25, -0.2) is 4.98 Å². The average Bonchev–Trinajstić information content (AvgIpc) is 3.07. The van der Waals surface area contributed by atoms with Crippen LogP contribution >= 0.6 is 0 Å². The Kier molecular flexibility index (Phi) is 5.27. The van der Waals surface area contributed by atoms with Crippen molar-refractivity contribution in [2.75, 3.05) is 0 Å². The van der Waals surface area contributed by atoms with Crippen molar-refractivity contribution < 1.29 is 0 Å². The molecule has 0 N–H and O–H groups in total. The van der Waals surface area contributed by atoms with Crippen molar-refractivity contribution in [1.29, 1.82) is 0 Å². The summed E-state index contributed by atoms with van der Waals surface area (Å²) in [6, 6.07) is 50.2. The summed E-state index contributed by atoms with van der Waals surface area (Å²) < 4.78 is 0. The highest BCUT2D eigenvalue weighted by atomic mass is 14.7. The number of fused-ring (bicyclic) bond motifs is 9. The van der Waals surface area contributed by atoms with Gasteiger partial charge in [-0.05, 0) is 65.5 Å². The molecular weight excluding hydrogens is 530 g/mol. The topological polar surface area (TPSA) is 12.9 Å². The van der Waals surface area contributed by atoms with Gasteiger partial charge in [-0.3, -0.25) is 0 Å². The molecule has 0 saturated carbocycles. The molecule has 0 unspecified atom stereocenters. The van der Waals surface area contributed by atoms with Gasteiger partial charge in [-0.2, -0.15) is 0 Å². The number of pyridine rings is 1. The number of hydrogen-bond acceptors (Lipinski definition) is 1. The van der Waals surface area contributed by atoms with Gasteiger partial charge in [0.15, 0.2) is 0 Å². The smallest absolute Gasteiger partial charge is 0.0794 e. The minimum Gasteiger partial charge on any atom is -0.246 e. The second-order valence-electron chi connectivity index (χ2n) is 11.7. The van der Waals surface area contributed by atoms with Crippen LogP contribution in [0.3, 0.4) is 0 Å². The zero-order valence-electron chi connectivity index (χ0n) is 24.1. The van der Waals surface area contributed by atoms with Gasteiger partial charge in [0.2, 0.25) is 0 Å². The fraction of sp³-hybridized carbons (Fsp3) is 0. The number of rotatable bonds is 2. The van der Waals surface area contributed by atoms with Crippen molar-refractivity contribution in [2.45, 2.75) is 0 Å². The Balaban J connectivity index is 1.38. The molecule has 9 aromatic rings. The van der Waals surface area contributed by atoms with Crippen molar-refractivity contribution in [3.05, 3.63) is 150 Å². The van der Waals surface area contributed by atoms with Crippen molar-refractivity contribution in [3.8, 4) is 22.3 Å². The first-order chi connectivity index (χ1) is 21.7. The van der Waals surface area contributed by atoms with Crippen molar-refractivity contribution >= 4 is 78.1 Å². The number of hydrogen-bond donors (Lipinski definition) is 0. The molecule has 204 valence electrons. The highest BCUT2D eigenvalue weighted by Gasteiger charge is 2.16. The van der Waals surface area contributed by atoms with E-state index in [-0.39, 0.29) is 0 Å². The Morgan fingerprint density at radius 3 is 1.68 bits per heavy atom. The maximum atomic E-state index is 5.38. The van der Waals surface area contributed by atoms with E-state index >= 15 is 0 Å². The van der Waals surface area contributed by atoms with Crippen LogP contribution in [0.25, 0.3) is 100 Å². The van der Waals surface area contributed by atoms with Crippen LogP contribution in [-0.4, -0.2) is 4.98 Å². The van der Waals surface area contributed by atoms with E-state index in [1.54, 1.807) is 0 Å². The third-order valence-corrected chi connectivity index (χ3v) is 9.22. The zero-order valence-corrected chi connectivity index (χ0v) is 24.1. The molecule has 0 bridgehead atoms. The Labute approximate surface area is 254 Å². The van der Waals surface area contributed by atoms with Crippen molar-refractivity contribution in [1.82, 2.24) is 4.98 Å². The van der Waals surface area contributed by atoms with Gasteiger partial charge >= 0.3 is 0 Å². The first kappa shape index (κ1) is 24.8. The SMILES string of the molecule is C=c1cccc2ccc3c(-c4cccc(-c5c6ccc7ccccc7c6nc6c5ccc5ccccc56)c4)ccc(=C)c3c12. The standard InChI is InChI=1S/C43H27N/c1-26-9-7-12-30-20-22-36-33(21-17-27(2)40(36)39(26)30)31-13-8-14-32(25-31)41-37-23-18-28-10-3-5-15-34(28)42(37)44-43-35-16-6-4-11-29(35)19-24-38(41)43/h3-25H,1-2H2. The van der Waals surface area contributed by atoms with E-state index in [0.717, 1.165) is 32.2 Å². The van der Waals surface area contributed by atoms with E-state index in [9.17, 15) is 0 Å². The van der Waals surface area contributed by atoms with Crippen LogP contribution in [0.15, 0.2) is 140 Å². The van der Waals surface area contributed by atoms with Gasteiger partial charge in [-0.1, -0.05) is 147 Å². The third-order valence-electron chi connectivity index (χ3n) is 9.22. The molecule has 0 amide bonds. The van der Waals surface area contributed by atoms with Gasteiger partial charge in [0.1, 0.15) is 0 Å². The van der Waals surface area contributed by atoms with Crippen molar-refractivity contribution in [2.24, 2.45) is 0 Å². The first-order valence-corrected chi connectivity index (χ1v) is 15.0. The lowest BCUT2D eigenvalue weighted by molar-refractivity contribution is 1.53. The normalized spacial score (nSPS) is 11.8. The molecule has 8 aromatic carbocycles. The fourth-order valence-corrected chi connectivity index (χ4v) is 7.19. The summed E-state index contributed by atoms with van der Waals surface area (Å²) in [5.41, 5.74) is 6.83. The lowest BCUT2D eigenvalue weighted by Crippen LogP contribution is -2.06. The Hall–Kier alpha value is -5.79. The van der Waals surface area contributed by atoms with Gasteiger partial charge in [0.05, 0.1) is 11.0 Å². The molecule has 9 rings (SSSR count). The summed E-state index contributed by atoms with van der Waals surface area (Å²) in [5, 5.41) is 13.8. The molecule has 44 heavy (non-hydrogen) atoms. The molecule has 0 radical (unpaired) electrons. The first-order valence-electron chi connectivity index (χ1n) is 15.0. The summed E-state index contributed by atoms with van der Waals surface area (Å²) in [4.78, 5) is 5.38. The van der Waals surface area contributed by atoms with Crippen LogP contribution in [-0.2, 0) is 0 Å². The monoisotopic (exact) mass is 557 g/mol. The van der Waals surface area contributed by atoms with Crippen LogP contribution in [0.2, 0.25) is 0 Å². The van der Waals surface area contributed by atoms with Crippen LogP contribution in [0.1, 0.15) is 0 Å². The van der Waals surface area contributed by atoms with E-state index in [4.69, 9.17) is 4.98 Å². The molecule has 0 aliphatic rings. The van der Waals surface area contributed by atoms with E-state index in [2.05, 4.69) is 153 Å². The largest absolute Gasteiger partial charge is 0.246 e. The molecule has 0 atom stereocenters. The van der Waals surface area contributed by atoms with Gasteiger partial charge < -0.3 is 0 Å². The molecule has 0 aliphatic carbocycles. The molecule has 1 heterocycles. The fourth-order valence-electron chi connectivity index (χ4n) is 7.19. The van der Waals surface area contributed by atoms with Crippen LogP contribution in [0.4, 0.5) is 0 Å². The van der Waals surface area contributed by atoms with Crippen LogP contribution in [0.5, 0.6) is 0 Å². The van der Waals surface area contributed by atoms with E-state index in [1.807, 2.05) is 0 Å². The minimum absolute atomic E-state index is 1.02. The van der Waals surface area contributed by atoms with E-state index < -0.39 is 0 Å². The quantitative estimate of drug-likeness (QED) is 0.152. The summed E-state index contributed by atoms with van der Waals surface area (Å²) >= 11 is 0. The summed E-state index contributed by atoms with van der Waals surface area (Å²) in [5.74, 6) is 0. The number of benzene rings is 8. The summed E-state index contributed by atoms with van der Waals surface area (Å²) in [6.07, 6.45) is 0. The average molecular weight is 558 g/mol. The minimum atomic E-state index is 1.02. The van der Waals surface area contributed by atoms with Gasteiger partial charge in [0.25, 0.3) is 0 Å². The second-order valence-corrected chi connectivity index (χ2v) is 11.7. The molecular formula is C43H27N. The van der Waals surface area contributed by atoms with Gasteiger partial charge in [-0.15, -0.1) is 0 Å². The zero-order chi connectivity index (χ0) is 29.4. The molecule has 0 fully saturated rings. The molecule has 0 aliphatic heterocycles. The van der Waals surface area contributed by atoms with Crippen LogP contribution < -0.4 is 10.4 Å². The maximum Gasteiger partial charge on any atom is 0.0794 e. The number of aromatic nitrogens is 1. The van der Waals surface area contributed by atoms with E-state index in [1.165, 1.54) is 65.3 Å². The molecule has 0 spiro atoms. The predicted molar refractivity (Wildman–Crippen MR) is 190 cm³/mol. The highest BCUT2D eigenvalue weighted by Crippen LogP contribution is 2.41. The van der Waals surface area contributed by atoms with E-state index in [0.29, 0.717) is 0 Å². The van der Waals surface area contributed by atoms with Gasteiger partial charge in [0, 0.05) is 27.1 Å². The lowest BCUT2D eigenvalue weighted by Gasteiger charge is -2.16. The molecule has 1 aromatic heterocycles. The Morgan fingerprint density at radius 2 is 0.955 bits per heavy atom. The molecule has 1 heteroatoms. The molecule has 0 saturated heterocycles. The predicted octanol–water partition coefficient (Wildman–Crippen LogP) is 10.2. The maximum absolute atomic E-state index is 5.38. The third kappa shape index (κ3) is 3.57. The second kappa shape index (κ2) is 9.36. The Bertz CT molecular complexity index is 2660. The van der Waals surface area contributed by atoms with Crippen molar-refractivity contribution in [3.63, 3.8) is 0 Å². The van der Waals surface area contributed by atoms with Crippen LogP contribution in [0, 0.1) is 0 Å². The summed E-state index contributed by atoms with van der Waals surface area (Å²) in [7, 11) is 0. The Morgan fingerprint density at radius 1 is 0.386 bits per heavy atom. The molecule has 1 nitrogen and oxygen atoms in total. The highest BCUT2D eigenvalue weighted by molar-refractivity contribution is 6.21. The number of nitrogens with zero attached hydrogens (tertiary/aromatic N) is 1. The lowest BCUT2D eigenvalue weighted by atomic mass is 9.89.